The molecule has 0 aliphatic heterocycles. The number of carbonyl (C=O) groups is 1. The van der Waals surface area contributed by atoms with Crippen LogP contribution < -0.4 is 5.32 Å². The summed E-state index contributed by atoms with van der Waals surface area (Å²) in [5.41, 5.74) is 0.280. The van der Waals surface area contributed by atoms with Crippen molar-refractivity contribution in [2.45, 2.75) is 6.18 Å². The highest BCUT2D eigenvalue weighted by molar-refractivity contribution is 5.72. The Labute approximate surface area is 143 Å². The number of nitrogens with one attached hydrogen (secondary N) is 1. The number of nitro groups is 1. The molecule has 0 unspecified atom stereocenters. The van der Waals surface area contributed by atoms with Crippen molar-refractivity contribution < 1.29 is 28.0 Å². The van der Waals surface area contributed by atoms with E-state index in [9.17, 15) is 28.1 Å². The molecule has 11 heteroatoms. The second kappa shape index (κ2) is 7.47. The molecule has 134 valence electrons. The van der Waals surface area contributed by atoms with E-state index in [1.54, 1.807) is 0 Å². The lowest BCUT2D eigenvalue weighted by Gasteiger charge is -2.07. The van der Waals surface area contributed by atoms with Crippen molar-refractivity contribution in [3.63, 3.8) is 0 Å². The Morgan fingerprint density at radius 1 is 1.31 bits per heavy atom. The smallest absolute Gasteiger partial charge is 0.451 e. The van der Waals surface area contributed by atoms with Crippen molar-refractivity contribution in [2.75, 3.05) is 6.54 Å². The predicted octanol–water partition coefficient (Wildman–Crippen LogP) is 2.69. The maximum absolute atomic E-state index is 12.5. The fraction of sp³-hybridized carbons (Fsp3) is 0.133. The zero-order valence-corrected chi connectivity index (χ0v) is 12.7. The fourth-order valence-corrected chi connectivity index (χ4v) is 1.87. The number of aromatic nitrogens is 2. The molecule has 0 bridgehead atoms. The molecule has 0 saturated carbocycles. The summed E-state index contributed by atoms with van der Waals surface area (Å²) in [7, 11) is 0. The van der Waals surface area contributed by atoms with Crippen molar-refractivity contribution in [1.29, 1.82) is 0 Å². The van der Waals surface area contributed by atoms with E-state index in [0.717, 1.165) is 24.5 Å². The van der Waals surface area contributed by atoms with Crippen LogP contribution in [-0.2, 0) is 6.18 Å². The summed E-state index contributed by atoms with van der Waals surface area (Å²) in [5, 5.41) is 21.4. The van der Waals surface area contributed by atoms with Gasteiger partial charge in [0, 0.05) is 41.2 Å². The lowest BCUT2D eigenvalue weighted by molar-refractivity contribution is -0.384. The highest BCUT2D eigenvalue weighted by Crippen LogP contribution is 2.29. The lowest BCUT2D eigenvalue weighted by Crippen LogP contribution is -2.20. The Balaban J connectivity index is 2.43. The van der Waals surface area contributed by atoms with Gasteiger partial charge in [0.1, 0.15) is 0 Å². The molecule has 26 heavy (non-hydrogen) atoms. The Bertz CT molecular complexity index is 902. The van der Waals surface area contributed by atoms with Crippen molar-refractivity contribution in [2.24, 2.45) is 0 Å². The van der Waals surface area contributed by atoms with Crippen LogP contribution in [0.3, 0.4) is 0 Å². The van der Waals surface area contributed by atoms with Gasteiger partial charge in [-0.1, -0.05) is 11.8 Å². The third-order valence-electron chi connectivity index (χ3n) is 2.98. The minimum absolute atomic E-state index is 0.120. The molecule has 1 aromatic carbocycles. The average Bonchev–Trinajstić information content (AvgIpc) is 2.57. The van der Waals surface area contributed by atoms with E-state index in [0.29, 0.717) is 0 Å². The normalized spacial score (nSPS) is 10.6. The van der Waals surface area contributed by atoms with Crippen LogP contribution in [-0.4, -0.2) is 32.6 Å². The van der Waals surface area contributed by atoms with Gasteiger partial charge in [0.15, 0.2) is 0 Å². The van der Waals surface area contributed by atoms with Gasteiger partial charge in [-0.05, 0) is 6.07 Å². The van der Waals surface area contributed by atoms with Gasteiger partial charge >= 0.3 is 12.3 Å². The molecular weight excluding hydrogens is 357 g/mol. The number of hydrogen-bond donors (Lipinski definition) is 2. The van der Waals surface area contributed by atoms with Gasteiger partial charge in [-0.2, -0.15) is 13.2 Å². The number of nitrogens with zero attached hydrogens (tertiary/aromatic N) is 3. The zero-order valence-electron chi connectivity index (χ0n) is 12.7. The molecule has 0 fully saturated rings. The summed E-state index contributed by atoms with van der Waals surface area (Å²) < 4.78 is 37.6. The van der Waals surface area contributed by atoms with Crippen LogP contribution in [0.15, 0.2) is 30.6 Å². The molecular formula is C15H9F3N4O4. The van der Waals surface area contributed by atoms with E-state index >= 15 is 0 Å². The average molecular weight is 366 g/mol. The van der Waals surface area contributed by atoms with Gasteiger partial charge in [0.2, 0.25) is 5.82 Å². The SMILES string of the molecule is O=C(O)NCC#Cc1cc([N+](=O)[O-])ccc1-c1cnc(C(F)(F)F)nc1. The van der Waals surface area contributed by atoms with E-state index in [1.165, 1.54) is 6.07 Å². The number of rotatable bonds is 3. The van der Waals surface area contributed by atoms with Gasteiger partial charge in [-0.3, -0.25) is 10.1 Å². The predicted molar refractivity (Wildman–Crippen MR) is 82.0 cm³/mol. The molecule has 2 N–H and O–H groups in total. The maximum atomic E-state index is 12.5. The minimum Gasteiger partial charge on any atom is -0.465 e. The Hall–Kier alpha value is -3.68. The first-order valence-electron chi connectivity index (χ1n) is 6.82. The molecule has 0 atom stereocenters. The van der Waals surface area contributed by atoms with E-state index in [1.807, 2.05) is 5.32 Å². The van der Waals surface area contributed by atoms with E-state index < -0.39 is 23.0 Å². The molecule has 2 rings (SSSR count). The monoisotopic (exact) mass is 366 g/mol. The Kier molecular flexibility index (Phi) is 5.36. The molecule has 1 amide bonds. The standard InChI is InChI=1S/C15H9F3N4O4/c16-15(17,18)13-20-7-10(8-21-13)12-4-3-11(22(25)26)6-9(12)2-1-5-19-14(23)24/h3-4,6-8,19H,5H2,(H,23,24). The molecule has 0 radical (unpaired) electrons. The highest BCUT2D eigenvalue weighted by Gasteiger charge is 2.34. The quantitative estimate of drug-likeness (QED) is 0.490. The van der Waals surface area contributed by atoms with Crippen LogP contribution in [0.2, 0.25) is 0 Å². The number of hydrogen-bond acceptors (Lipinski definition) is 5. The zero-order chi connectivity index (χ0) is 19.3. The number of halogens is 3. The Morgan fingerprint density at radius 3 is 2.50 bits per heavy atom. The fourth-order valence-electron chi connectivity index (χ4n) is 1.87. The van der Waals surface area contributed by atoms with E-state index in [-0.39, 0.29) is 28.9 Å². The van der Waals surface area contributed by atoms with E-state index in [2.05, 4.69) is 21.8 Å². The Morgan fingerprint density at radius 2 is 1.96 bits per heavy atom. The second-order valence-corrected chi connectivity index (χ2v) is 4.74. The third-order valence-corrected chi connectivity index (χ3v) is 2.98. The molecule has 0 spiro atoms. The van der Waals surface area contributed by atoms with Gasteiger partial charge in [0.05, 0.1) is 11.5 Å². The van der Waals surface area contributed by atoms with Crippen LogP contribution in [0.4, 0.5) is 23.7 Å². The topological polar surface area (TPSA) is 118 Å². The van der Waals surface area contributed by atoms with Crippen LogP contribution in [0, 0.1) is 22.0 Å². The largest absolute Gasteiger partial charge is 0.465 e. The minimum atomic E-state index is -4.70. The summed E-state index contributed by atoms with van der Waals surface area (Å²) in [5.74, 6) is 3.69. The van der Waals surface area contributed by atoms with Crippen LogP contribution in [0.25, 0.3) is 11.1 Å². The molecule has 1 heterocycles. The number of non-ortho nitro benzene ring substituents is 1. The number of nitro benzene ring substituents is 1. The van der Waals surface area contributed by atoms with Gasteiger partial charge in [0.25, 0.3) is 5.69 Å². The number of alkyl halides is 3. The lowest BCUT2D eigenvalue weighted by atomic mass is 10.0. The molecule has 1 aromatic heterocycles. The van der Waals surface area contributed by atoms with Crippen molar-refractivity contribution in [3.8, 4) is 23.0 Å². The first kappa shape index (κ1) is 18.7. The van der Waals surface area contributed by atoms with Crippen LogP contribution in [0.1, 0.15) is 11.4 Å². The van der Waals surface area contributed by atoms with Gasteiger partial charge in [-0.25, -0.2) is 14.8 Å². The van der Waals surface area contributed by atoms with Crippen LogP contribution >= 0.6 is 0 Å². The van der Waals surface area contributed by atoms with Crippen molar-refractivity contribution in [1.82, 2.24) is 15.3 Å². The molecule has 0 saturated heterocycles. The van der Waals surface area contributed by atoms with E-state index in [4.69, 9.17) is 5.11 Å². The number of amides is 1. The van der Waals surface area contributed by atoms with Crippen molar-refractivity contribution >= 4 is 11.8 Å². The first-order chi connectivity index (χ1) is 12.2. The molecule has 2 aromatic rings. The summed E-state index contributed by atoms with van der Waals surface area (Å²) in [6.07, 6.45) is -4.14. The summed E-state index contributed by atoms with van der Waals surface area (Å²) in [4.78, 5) is 27.1. The van der Waals surface area contributed by atoms with Gasteiger partial charge < -0.3 is 10.4 Å². The van der Waals surface area contributed by atoms with Crippen molar-refractivity contribution in [3.05, 3.63) is 52.1 Å². The summed E-state index contributed by atoms with van der Waals surface area (Å²) in [6.45, 7) is -0.235. The summed E-state index contributed by atoms with van der Waals surface area (Å²) >= 11 is 0. The number of benzene rings is 1. The first-order valence-corrected chi connectivity index (χ1v) is 6.82. The molecule has 0 aliphatic rings. The summed E-state index contributed by atoms with van der Waals surface area (Å²) in [6, 6.07) is 3.59. The molecule has 8 nitrogen and oxygen atoms in total. The third kappa shape index (κ3) is 4.67. The molecule has 0 aliphatic carbocycles. The van der Waals surface area contributed by atoms with Gasteiger partial charge in [-0.15, -0.1) is 0 Å². The highest BCUT2D eigenvalue weighted by atomic mass is 19.4. The second-order valence-electron chi connectivity index (χ2n) is 4.74. The number of carboxylic acid groups (broad SMARTS) is 1. The van der Waals surface area contributed by atoms with Crippen LogP contribution in [0.5, 0.6) is 0 Å². The maximum Gasteiger partial charge on any atom is 0.451 e.